The van der Waals surface area contributed by atoms with E-state index >= 15 is 0 Å². The first-order chi connectivity index (χ1) is 8.75. The maximum Gasteiger partial charge on any atom is 0.275 e. The Morgan fingerprint density at radius 2 is 2.33 bits per heavy atom. The molecule has 1 aliphatic rings. The molecule has 2 aromatic rings. The van der Waals surface area contributed by atoms with Crippen LogP contribution in [0.15, 0.2) is 24.3 Å². The summed E-state index contributed by atoms with van der Waals surface area (Å²) >= 11 is 0. The minimum absolute atomic E-state index is 0.0254. The Morgan fingerprint density at radius 1 is 1.50 bits per heavy atom. The van der Waals surface area contributed by atoms with Gasteiger partial charge in [0.1, 0.15) is 0 Å². The fourth-order valence-electron chi connectivity index (χ4n) is 2.28. The largest absolute Gasteiger partial charge is 0.375 e. The lowest BCUT2D eigenvalue weighted by atomic mass is 10.2. The molecule has 94 valence electrons. The number of nitrogens with one attached hydrogen (secondary N) is 1. The van der Waals surface area contributed by atoms with E-state index in [9.17, 15) is 4.79 Å². The molecule has 1 saturated heterocycles. The Kier molecular flexibility index (Phi) is 2.76. The SMILES string of the molecule is C[C@@H]1CN(C(=O)c2n[nH]c3ccccc23)CCO1. The van der Waals surface area contributed by atoms with Crippen LogP contribution >= 0.6 is 0 Å². The fraction of sp³-hybridized carbons (Fsp3) is 0.385. The van der Waals surface area contributed by atoms with Crippen molar-refractivity contribution in [1.82, 2.24) is 15.1 Å². The molecule has 1 aromatic carbocycles. The summed E-state index contributed by atoms with van der Waals surface area (Å²) in [4.78, 5) is 14.2. The van der Waals surface area contributed by atoms with Crippen LogP contribution < -0.4 is 0 Å². The Hall–Kier alpha value is -1.88. The first kappa shape index (κ1) is 11.2. The van der Waals surface area contributed by atoms with Gasteiger partial charge < -0.3 is 9.64 Å². The highest BCUT2D eigenvalue weighted by atomic mass is 16.5. The average Bonchev–Trinajstić information content (AvgIpc) is 2.82. The summed E-state index contributed by atoms with van der Waals surface area (Å²) in [5.41, 5.74) is 1.39. The van der Waals surface area contributed by atoms with E-state index in [0.29, 0.717) is 25.4 Å². The summed E-state index contributed by atoms with van der Waals surface area (Å²) in [6.07, 6.45) is 0.0907. The minimum atomic E-state index is -0.0254. The van der Waals surface area contributed by atoms with Gasteiger partial charge in [-0.3, -0.25) is 9.89 Å². The van der Waals surface area contributed by atoms with Crippen molar-refractivity contribution in [2.45, 2.75) is 13.0 Å². The van der Waals surface area contributed by atoms with Crippen molar-refractivity contribution >= 4 is 16.8 Å². The molecule has 0 aliphatic carbocycles. The highest BCUT2D eigenvalue weighted by Crippen LogP contribution is 2.18. The van der Waals surface area contributed by atoms with E-state index in [1.54, 1.807) is 4.90 Å². The number of fused-ring (bicyclic) bond motifs is 1. The van der Waals surface area contributed by atoms with Crippen LogP contribution in [0.5, 0.6) is 0 Å². The number of aromatic amines is 1. The van der Waals surface area contributed by atoms with Gasteiger partial charge in [-0.2, -0.15) is 5.10 Å². The Morgan fingerprint density at radius 3 is 3.17 bits per heavy atom. The molecule has 1 aromatic heterocycles. The number of ether oxygens (including phenoxy) is 1. The van der Waals surface area contributed by atoms with Crippen molar-refractivity contribution in [1.29, 1.82) is 0 Å². The van der Waals surface area contributed by atoms with Gasteiger partial charge in [-0.15, -0.1) is 0 Å². The van der Waals surface area contributed by atoms with Crippen LogP contribution in [0.2, 0.25) is 0 Å². The molecular formula is C13H15N3O2. The van der Waals surface area contributed by atoms with Crippen LogP contribution in [0.3, 0.4) is 0 Å². The van der Waals surface area contributed by atoms with E-state index in [2.05, 4.69) is 10.2 Å². The fourth-order valence-corrected chi connectivity index (χ4v) is 2.28. The highest BCUT2D eigenvalue weighted by Gasteiger charge is 2.25. The number of para-hydroxylation sites is 1. The van der Waals surface area contributed by atoms with Gasteiger partial charge in [0.2, 0.25) is 0 Å². The number of hydrogen-bond donors (Lipinski definition) is 1. The third-order valence-electron chi connectivity index (χ3n) is 3.20. The third kappa shape index (κ3) is 1.86. The van der Waals surface area contributed by atoms with E-state index in [-0.39, 0.29) is 12.0 Å². The number of nitrogens with zero attached hydrogens (tertiary/aromatic N) is 2. The highest BCUT2D eigenvalue weighted by molar-refractivity contribution is 6.04. The molecule has 0 unspecified atom stereocenters. The zero-order chi connectivity index (χ0) is 12.5. The van der Waals surface area contributed by atoms with Gasteiger partial charge in [0, 0.05) is 18.5 Å². The zero-order valence-corrected chi connectivity index (χ0v) is 10.2. The summed E-state index contributed by atoms with van der Waals surface area (Å²) in [7, 11) is 0. The van der Waals surface area contributed by atoms with E-state index in [4.69, 9.17) is 4.74 Å². The summed E-state index contributed by atoms with van der Waals surface area (Å²) < 4.78 is 5.44. The standard InChI is InChI=1S/C13H15N3O2/c1-9-8-16(6-7-18-9)13(17)12-10-4-2-3-5-11(10)14-15-12/h2-5,9H,6-8H2,1H3,(H,14,15)/t9-/m1/s1. The van der Waals surface area contributed by atoms with E-state index in [1.165, 1.54) is 0 Å². The Labute approximate surface area is 105 Å². The molecule has 5 nitrogen and oxygen atoms in total. The van der Waals surface area contributed by atoms with Crippen LogP contribution in [-0.4, -0.2) is 46.8 Å². The van der Waals surface area contributed by atoms with Gasteiger partial charge in [-0.05, 0) is 13.0 Å². The third-order valence-corrected chi connectivity index (χ3v) is 3.20. The maximum absolute atomic E-state index is 12.4. The van der Waals surface area contributed by atoms with Crippen molar-refractivity contribution in [3.8, 4) is 0 Å². The molecule has 5 heteroatoms. The van der Waals surface area contributed by atoms with Gasteiger partial charge in [0.15, 0.2) is 5.69 Å². The first-order valence-electron chi connectivity index (χ1n) is 6.09. The number of rotatable bonds is 1. The molecule has 0 spiro atoms. The van der Waals surface area contributed by atoms with Gasteiger partial charge >= 0.3 is 0 Å². The van der Waals surface area contributed by atoms with E-state index in [0.717, 1.165) is 10.9 Å². The van der Waals surface area contributed by atoms with E-state index in [1.807, 2.05) is 31.2 Å². The second-order valence-corrected chi connectivity index (χ2v) is 4.55. The van der Waals surface area contributed by atoms with Crippen LogP contribution in [0.25, 0.3) is 10.9 Å². The van der Waals surface area contributed by atoms with Crippen LogP contribution in [0.1, 0.15) is 17.4 Å². The van der Waals surface area contributed by atoms with Crippen LogP contribution in [-0.2, 0) is 4.74 Å². The van der Waals surface area contributed by atoms with Crippen molar-refractivity contribution in [2.75, 3.05) is 19.7 Å². The molecule has 1 aliphatic heterocycles. The summed E-state index contributed by atoms with van der Waals surface area (Å²) in [6, 6.07) is 7.67. The Bertz CT molecular complexity index is 578. The summed E-state index contributed by atoms with van der Waals surface area (Å²) in [6.45, 7) is 3.82. The number of H-pyrrole nitrogens is 1. The van der Waals surface area contributed by atoms with Gasteiger partial charge in [0.05, 0.1) is 18.2 Å². The molecular weight excluding hydrogens is 230 g/mol. The molecule has 2 heterocycles. The molecule has 3 rings (SSSR count). The number of carbonyl (C=O) groups is 1. The molecule has 1 atom stereocenters. The second-order valence-electron chi connectivity index (χ2n) is 4.55. The van der Waals surface area contributed by atoms with Gasteiger partial charge in [-0.25, -0.2) is 0 Å². The summed E-state index contributed by atoms with van der Waals surface area (Å²) in [5, 5.41) is 7.91. The number of amides is 1. The molecule has 1 amide bonds. The number of morpholine rings is 1. The van der Waals surface area contributed by atoms with Gasteiger partial charge in [-0.1, -0.05) is 18.2 Å². The number of hydrogen-bond acceptors (Lipinski definition) is 3. The lowest BCUT2D eigenvalue weighted by Gasteiger charge is -2.30. The molecule has 0 radical (unpaired) electrons. The number of carbonyl (C=O) groups excluding carboxylic acids is 1. The lowest BCUT2D eigenvalue weighted by Crippen LogP contribution is -2.44. The Balaban J connectivity index is 1.92. The molecule has 1 fully saturated rings. The predicted octanol–water partition coefficient (Wildman–Crippen LogP) is 1.42. The monoisotopic (exact) mass is 245 g/mol. The smallest absolute Gasteiger partial charge is 0.275 e. The molecule has 18 heavy (non-hydrogen) atoms. The minimum Gasteiger partial charge on any atom is -0.375 e. The molecule has 0 saturated carbocycles. The van der Waals surface area contributed by atoms with Crippen LogP contribution in [0.4, 0.5) is 0 Å². The quantitative estimate of drug-likeness (QED) is 0.826. The summed E-state index contributed by atoms with van der Waals surface area (Å²) in [5.74, 6) is -0.0254. The van der Waals surface area contributed by atoms with Crippen molar-refractivity contribution in [3.05, 3.63) is 30.0 Å². The van der Waals surface area contributed by atoms with Crippen LogP contribution in [0, 0.1) is 0 Å². The van der Waals surface area contributed by atoms with Crippen molar-refractivity contribution in [3.63, 3.8) is 0 Å². The number of benzene rings is 1. The molecule has 0 bridgehead atoms. The van der Waals surface area contributed by atoms with Crippen molar-refractivity contribution < 1.29 is 9.53 Å². The van der Waals surface area contributed by atoms with Gasteiger partial charge in [0.25, 0.3) is 5.91 Å². The lowest BCUT2D eigenvalue weighted by molar-refractivity contribution is -0.0125. The van der Waals surface area contributed by atoms with Crippen molar-refractivity contribution in [2.24, 2.45) is 0 Å². The average molecular weight is 245 g/mol. The maximum atomic E-state index is 12.4. The second kappa shape index (κ2) is 4.42. The topological polar surface area (TPSA) is 58.2 Å². The first-order valence-corrected chi connectivity index (χ1v) is 6.09. The normalized spacial score (nSPS) is 20.3. The number of aromatic nitrogens is 2. The predicted molar refractivity (Wildman–Crippen MR) is 67.4 cm³/mol. The zero-order valence-electron chi connectivity index (χ0n) is 10.2. The molecule has 1 N–H and O–H groups in total. The van der Waals surface area contributed by atoms with E-state index < -0.39 is 0 Å².